The second-order valence-corrected chi connectivity index (χ2v) is 10.2. The molecule has 0 spiro atoms. The predicted molar refractivity (Wildman–Crippen MR) is 171 cm³/mol. The van der Waals surface area contributed by atoms with Gasteiger partial charge in [0.15, 0.2) is 5.78 Å². The molecule has 0 saturated heterocycles. The van der Waals surface area contributed by atoms with Gasteiger partial charge in [0, 0.05) is 5.56 Å². The average molecular weight is 595 g/mol. The van der Waals surface area contributed by atoms with Crippen molar-refractivity contribution in [2.45, 2.75) is 40.9 Å². The predicted octanol–water partition coefficient (Wildman–Crippen LogP) is 7.96. The van der Waals surface area contributed by atoms with Gasteiger partial charge in [-0.05, 0) is 79.8 Å². The molecule has 0 fully saturated rings. The number of hydrogen-bond acceptors (Lipinski definition) is 7. The molecule has 0 heterocycles. The van der Waals surface area contributed by atoms with E-state index in [4.69, 9.17) is 18.9 Å². The van der Waals surface area contributed by atoms with Crippen molar-refractivity contribution in [2.75, 3.05) is 14.2 Å². The molecule has 0 saturated carbocycles. The SMILES string of the molecule is C=C(C)c1cc(C(=O)OC)c(C)cc1OCc1ccccc1.COC(=O)c1cc(C(C)=O)c(OCc2ccccc2)cc1C. The third-order valence-corrected chi connectivity index (χ3v) is 6.78. The zero-order valence-electron chi connectivity index (χ0n) is 26.1. The van der Waals surface area contributed by atoms with E-state index in [-0.39, 0.29) is 11.8 Å². The zero-order valence-corrected chi connectivity index (χ0v) is 26.1. The highest BCUT2D eigenvalue weighted by Crippen LogP contribution is 2.30. The fraction of sp³-hybridized carbons (Fsp3) is 0.216. The Morgan fingerprint density at radius 2 is 0.977 bits per heavy atom. The Morgan fingerprint density at radius 3 is 1.34 bits per heavy atom. The van der Waals surface area contributed by atoms with E-state index < -0.39 is 5.97 Å². The summed E-state index contributed by atoms with van der Waals surface area (Å²) >= 11 is 0. The topological polar surface area (TPSA) is 88.1 Å². The van der Waals surface area contributed by atoms with Crippen molar-refractivity contribution in [1.82, 2.24) is 0 Å². The molecule has 0 aromatic heterocycles. The van der Waals surface area contributed by atoms with E-state index in [1.54, 1.807) is 19.1 Å². The zero-order chi connectivity index (χ0) is 32.2. The van der Waals surface area contributed by atoms with Gasteiger partial charge in [0.25, 0.3) is 0 Å². The Morgan fingerprint density at radius 1 is 0.591 bits per heavy atom. The van der Waals surface area contributed by atoms with Crippen LogP contribution in [-0.4, -0.2) is 31.9 Å². The monoisotopic (exact) mass is 594 g/mol. The summed E-state index contributed by atoms with van der Waals surface area (Å²) in [5.41, 5.74) is 6.57. The first kappa shape index (κ1) is 33.3. The molecule has 4 aromatic rings. The van der Waals surface area contributed by atoms with Crippen LogP contribution in [0, 0.1) is 13.8 Å². The van der Waals surface area contributed by atoms with Crippen LogP contribution in [0.1, 0.15) is 72.7 Å². The van der Waals surface area contributed by atoms with E-state index in [0.717, 1.165) is 33.6 Å². The highest BCUT2D eigenvalue weighted by atomic mass is 16.5. The quantitative estimate of drug-likeness (QED) is 0.136. The number of Topliss-reactive ketones (excluding diaryl/α,β-unsaturated/α-hetero) is 1. The van der Waals surface area contributed by atoms with Crippen molar-refractivity contribution in [3.8, 4) is 11.5 Å². The fourth-order valence-electron chi connectivity index (χ4n) is 4.34. The third-order valence-electron chi connectivity index (χ3n) is 6.78. The molecule has 0 aliphatic rings. The van der Waals surface area contributed by atoms with Gasteiger partial charge < -0.3 is 18.9 Å². The van der Waals surface area contributed by atoms with Crippen LogP contribution in [0.25, 0.3) is 5.57 Å². The first-order valence-electron chi connectivity index (χ1n) is 14.0. The van der Waals surface area contributed by atoms with Crippen molar-refractivity contribution in [2.24, 2.45) is 0 Å². The lowest BCUT2D eigenvalue weighted by Gasteiger charge is -2.15. The molecule has 0 aliphatic heterocycles. The van der Waals surface area contributed by atoms with Crippen LogP contribution < -0.4 is 9.47 Å². The normalized spacial score (nSPS) is 10.1. The number of methoxy groups -OCH3 is 2. The minimum absolute atomic E-state index is 0.159. The van der Waals surface area contributed by atoms with Crippen LogP contribution in [0.4, 0.5) is 0 Å². The molecule has 44 heavy (non-hydrogen) atoms. The lowest BCUT2D eigenvalue weighted by Crippen LogP contribution is -2.08. The number of ether oxygens (including phenoxy) is 4. The first-order valence-corrected chi connectivity index (χ1v) is 14.0. The molecule has 0 unspecified atom stereocenters. The molecule has 7 nitrogen and oxygen atoms in total. The van der Waals surface area contributed by atoms with Crippen LogP contribution in [0.5, 0.6) is 11.5 Å². The van der Waals surface area contributed by atoms with E-state index >= 15 is 0 Å². The van der Waals surface area contributed by atoms with Crippen LogP contribution in [-0.2, 0) is 22.7 Å². The van der Waals surface area contributed by atoms with Gasteiger partial charge in [-0.15, -0.1) is 0 Å². The lowest BCUT2D eigenvalue weighted by atomic mass is 10.00. The molecule has 0 bridgehead atoms. The Labute approximate surface area is 259 Å². The van der Waals surface area contributed by atoms with Crippen LogP contribution >= 0.6 is 0 Å². The maximum Gasteiger partial charge on any atom is 0.338 e. The van der Waals surface area contributed by atoms with Gasteiger partial charge in [-0.3, -0.25) is 4.79 Å². The average Bonchev–Trinajstić information content (AvgIpc) is 3.03. The minimum atomic E-state index is -0.463. The molecule has 0 N–H and O–H groups in total. The molecule has 4 aromatic carbocycles. The van der Waals surface area contributed by atoms with Gasteiger partial charge >= 0.3 is 11.9 Å². The van der Waals surface area contributed by atoms with Gasteiger partial charge in [-0.2, -0.15) is 0 Å². The Kier molecular flexibility index (Phi) is 12.0. The number of carbonyl (C=O) groups excluding carboxylic acids is 3. The number of allylic oxidation sites excluding steroid dienone is 1. The number of esters is 2. The standard InChI is InChI=1S/C19H20O3.C18H18O4/c1-13(2)16-11-17(19(20)21-4)14(3)10-18(16)22-12-15-8-6-5-7-9-15;1-12-9-17(22-11-14-7-5-4-6-8-14)16(13(2)19)10-15(12)18(20)21-3/h5-11H,1,12H2,2-4H3;4-10H,11H2,1-3H3. The summed E-state index contributed by atoms with van der Waals surface area (Å²) in [5, 5.41) is 0. The van der Waals surface area contributed by atoms with E-state index in [1.807, 2.05) is 80.6 Å². The van der Waals surface area contributed by atoms with Gasteiger partial charge in [-0.25, -0.2) is 9.59 Å². The molecular formula is C37H38O7. The van der Waals surface area contributed by atoms with Crippen LogP contribution in [0.3, 0.4) is 0 Å². The number of aryl methyl sites for hydroxylation is 2. The Balaban J connectivity index is 0.000000240. The lowest BCUT2D eigenvalue weighted by molar-refractivity contribution is 0.0590. The molecule has 7 heteroatoms. The van der Waals surface area contributed by atoms with E-state index in [9.17, 15) is 14.4 Å². The highest BCUT2D eigenvalue weighted by Gasteiger charge is 2.18. The summed E-state index contributed by atoms with van der Waals surface area (Å²) in [6, 6.07) is 26.5. The van der Waals surface area contributed by atoms with Gasteiger partial charge in [0.2, 0.25) is 0 Å². The summed E-state index contributed by atoms with van der Waals surface area (Å²) in [4.78, 5) is 35.4. The molecule has 4 rings (SSSR count). The Hall–Kier alpha value is -5.17. The van der Waals surface area contributed by atoms with E-state index in [2.05, 4.69) is 6.58 Å². The molecule has 0 atom stereocenters. The molecule has 0 aliphatic carbocycles. The van der Waals surface area contributed by atoms with Crippen molar-refractivity contribution >= 4 is 23.3 Å². The second-order valence-electron chi connectivity index (χ2n) is 10.2. The summed E-state index contributed by atoms with van der Waals surface area (Å²) < 4.78 is 21.2. The second kappa shape index (κ2) is 15.9. The van der Waals surface area contributed by atoms with E-state index in [0.29, 0.717) is 41.2 Å². The third kappa shape index (κ3) is 8.91. The molecular weight excluding hydrogens is 556 g/mol. The number of benzene rings is 4. The molecule has 0 radical (unpaired) electrons. The van der Waals surface area contributed by atoms with Crippen molar-refractivity contribution < 1.29 is 33.3 Å². The van der Waals surface area contributed by atoms with Crippen LogP contribution in [0.2, 0.25) is 0 Å². The summed E-state index contributed by atoms with van der Waals surface area (Å²) in [5.74, 6) is 0.223. The van der Waals surface area contributed by atoms with Crippen molar-refractivity contribution in [3.63, 3.8) is 0 Å². The Bertz CT molecular complexity index is 1500. The fourth-order valence-corrected chi connectivity index (χ4v) is 4.34. The summed E-state index contributed by atoms with van der Waals surface area (Å²) in [7, 11) is 2.69. The maximum atomic E-state index is 11.8. The number of carbonyl (C=O) groups is 3. The minimum Gasteiger partial charge on any atom is -0.488 e. The summed E-state index contributed by atoms with van der Waals surface area (Å²) in [6.07, 6.45) is 0. The smallest absolute Gasteiger partial charge is 0.338 e. The number of hydrogen-bond donors (Lipinski definition) is 0. The van der Waals surface area contributed by atoms with Crippen molar-refractivity contribution in [1.29, 1.82) is 0 Å². The highest BCUT2D eigenvalue weighted by molar-refractivity contribution is 6.01. The molecule has 0 amide bonds. The maximum absolute atomic E-state index is 11.8. The first-order chi connectivity index (χ1) is 21.0. The van der Waals surface area contributed by atoms with Crippen LogP contribution in [0.15, 0.2) is 91.5 Å². The van der Waals surface area contributed by atoms with Gasteiger partial charge in [0.05, 0.1) is 30.9 Å². The van der Waals surface area contributed by atoms with E-state index in [1.165, 1.54) is 27.2 Å². The summed E-state index contributed by atoms with van der Waals surface area (Å²) in [6.45, 7) is 11.8. The van der Waals surface area contributed by atoms with Crippen molar-refractivity contribution in [3.05, 3.63) is 136 Å². The molecule has 228 valence electrons. The number of ketones is 1. The number of rotatable bonds is 10. The largest absolute Gasteiger partial charge is 0.488 e. The van der Waals surface area contributed by atoms with Gasteiger partial charge in [0.1, 0.15) is 24.7 Å². The van der Waals surface area contributed by atoms with Gasteiger partial charge in [-0.1, -0.05) is 67.2 Å².